The maximum atomic E-state index is 13.1. The zero-order valence-corrected chi connectivity index (χ0v) is 15.6. The van der Waals surface area contributed by atoms with Gasteiger partial charge in [-0.05, 0) is 50.4 Å². The fraction of sp³-hybridized carbons (Fsp3) is 0.611. The first-order valence-corrected chi connectivity index (χ1v) is 10.5. The molecule has 2 heterocycles. The standard InChI is InChI=1S/C18H27N3O3S/c1-14-6-7-16(20-18(22)15-8-9-19-13-15)12-17(14)25(23,24)21-10-4-2-3-5-11-21/h6-7,12,15,19H,2-5,8-11,13H2,1H3,(H,20,22). The topological polar surface area (TPSA) is 78.5 Å². The van der Waals surface area contributed by atoms with Crippen LogP contribution < -0.4 is 10.6 Å². The SMILES string of the molecule is Cc1ccc(NC(=O)C2CCNC2)cc1S(=O)(=O)N1CCCCCC1. The highest BCUT2D eigenvalue weighted by Gasteiger charge is 2.28. The van der Waals surface area contributed by atoms with Crippen molar-refractivity contribution in [1.29, 1.82) is 0 Å². The van der Waals surface area contributed by atoms with E-state index >= 15 is 0 Å². The van der Waals surface area contributed by atoms with Crippen molar-refractivity contribution in [3.8, 4) is 0 Å². The van der Waals surface area contributed by atoms with Crippen molar-refractivity contribution in [3.63, 3.8) is 0 Å². The first kappa shape index (κ1) is 18.4. The molecule has 2 N–H and O–H groups in total. The number of sulfonamides is 1. The molecule has 0 aliphatic carbocycles. The Hall–Kier alpha value is -1.44. The van der Waals surface area contributed by atoms with Crippen LogP contribution in [0.25, 0.3) is 0 Å². The van der Waals surface area contributed by atoms with E-state index in [0.717, 1.165) is 38.6 Å². The number of amides is 1. The van der Waals surface area contributed by atoms with Crippen molar-refractivity contribution in [2.24, 2.45) is 5.92 Å². The van der Waals surface area contributed by atoms with E-state index < -0.39 is 10.0 Å². The molecule has 0 radical (unpaired) electrons. The predicted molar refractivity (Wildman–Crippen MR) is 98.0 cm³/mol. The van der Waals surface area contributed by atoms with Crippen LogP contribution in [0.2, 0.25) is 0 Å². The van der Waals surface area contributed by atoms with Crippen molar-refractivity contribution in [2.75, 3.05) is 31.5 Å². The van der Waals surface area contributed by atoms with Crippen molar-refractivity contribution in [1.82, 2.24) is 9.62 Å². The average molecular weight is 365 g/mol. The molecule has 1 atom stereocenters. The third-order valence-electron chi connectivity index (χ3n) is 5.07. The van der Waals surface area contributed by atoms with Crippen LogP contribution in [0.3, 0.4) is 0 Å². The summed E-state index contributed by atoms with van der Waals surface area (Å²) in [6, 6.07) is 5.15. The van der Waals surface area contributed by atoms with Gasteiger partial charge in [-0.15, -0.1) is 0 Å². The Bertz CT molecular complexity index is 719. The lowest BCUT2D eigenvalue weighted by Gasteiger charge is -2.21. The van der Waals surface area contributed by atoms with Gasteiger partial charge in [0.05, 0.1) is 10.8 Å². The Morgan fingerprint density at radius 3 is 2.56 bits per heavy atom. The first-order chi connectivity index (χ1) is 12.0. The van der Waals surface area contributed by atoms with Crippen molar-refractivity contribution in [3.05, 3.63) is 23.8 Å². The highest BCUT2D eigenvalue weighted by Crippen LogP contribution is 2.26. The van der Waals surface area contributed by atoms with Gasteiger partial charge in [0.25, 0.3) is 0 Å². The number of rotatable bonds is 4. The molecule has 0 bridgehead atoms. The fourth-order valence-corrected chi connectivity index (χ4v) is 5.27. The molecule has 0 spiro atoms. The number of hydrogen-bond acceptors (Lipinski definition) is 4. The predicted octanol–water partition coefficient (Wildman–Crippen LogP) is 2.11. The van der Waals surface area contributed by atoms with Crippen LogP contribution in [-0.4, -0.2) is 44.8 Å². The summed E-state index contributed by atoms with van der Waals surface area (Å²) >= 11 is 0. The van der Waals surface area contributed by atoms with E-state index in [-0.39, 0.29) is 11.8 Å². The van der Waals surface area contributed by atoms with E-state index in [1.54, 1.807) is 29.4 Å². The van der Waals surface area contributed by atoms with Gasteiger partial charge >= 0.3 is 0 Å². The van der Waals surface area contributed by atoms with E-state index in [1.807, 2.05) is 0 Å². The second-order valence-corrected chi connectivity index (χ2v) is 8.88. The van der Waals surface area contributed by atoms with Gasteiger partial charge < -0.3 is 10.6 Å². The summed E-state index contributed by atoms with van der Waals surface area (Å²) in [5.41, 5.74) is 1.26. The van der Waals surface area contributed by atoms with Gasteiger partial charge in [0.2, 0.25) is 15.9 Å². The van der Waals surface area contributed by atoms with Gasteiger partial charge in [0, 0.05) is 25.3 Å². The third kappa shape index (κ3) is 4.22. The maximum absolute atomic E-state index is 13.1. The fourth-order valence-electron chi connectivity index (χ4n) is 3.50. The lowest BCUT2D eigenvalue weighted by atomic mass is 10.1. The molecule has 2 fully saturated rings. The molecular weight excluding hydrogens is 338 g/mol. The van der Waals surface area contributed by atoms with E-state index in [4.69, 9.17) is 0 Å². The quantitative estimate of drug-likeness (QED) is 0.857. The molecule has 138 valence electrons. The third-order valence-corrected chi connectivity index (χ3v) is 7.11. The number of carbonyl (C=O) groups excluding carboxylic acids is 1. The second kappa shape index (κ2) is 7.85. The van der Waals surface area contributed by atoms with Crippen molar-refractivity contribution < 1.29 is 13.2 Å². The first-order valence-electron chi connectivity index (χ1n) is 9.11. The molecule has 2 aliphatic heterocycles. The van der Waals surface area contributed by atoms with Crippen LogP contribution >= 0.6 is 0 Å². The molecule has 1 aromatic carbocycles. The summed E-state index contributed by atoms with van der Waals surface area (Å²) in [7, 11) is -3.52. The number of carbonyl (C=O) groups is 1. The van der Waals surface area contributed by atoms with Crippen molar-refractivity contribution >= 4 is 21.6 Å². The average Bonchev–Trinajstić information content (AvgIpc) is 2.98. The Morgan fingerprint density at radius 1 is 1.20 bits per heavy atom. The minimum atomic E-state index is -3.52. The van der Waals surface area contributed by atoms with Gasteiger partial charge in [-0.3, -0.25) is 4.79 Å². The molecule has 2 aliphatic rings. The molecule has 7 heteroatoms. The second-order valence-electron chi connectivity index (χ2n) is 6.98. The van der Waals surface area contributed by atoms with E-state index in [9.17, 15) is 13.2 Å². The summed E-state index contributed by atoms with van der Waals surface area (Å²) < 4.78 is 27.7. The molecule has 0 aromatic heterocycles. The molecule has 6 nitrogen and oxygen atoms in total. The molecule has 1 unspecified atom stereocenters. The van der Waals surface area contributed by atoms with Crippen LogP contribution in [0.5, 0.6) is 0 Å². The van der Waals surface area contributed by atoms with Gasteiger partial charge in [0.15, 0.2) is 0 Å². The normalized spacial score (nSPS) is 22.5. The van der Waals surface area contributed by atoms with E-state index in [1.165, 1.54) is 0 Å². The molecule has 2 saturated heterocycles. The molecular formula is C18H27N3O3S. The minimum Gasteiger partial charge on any atom is -0.326 e. The summed E-state index contributed by atoms with van der Waals surface area (Å²) in [4.78, 5) is 12.6. The number of benzene rings is 1. The largest absolute Gasteiger partial charge is 0.326 e. The summed E-state index contributed by atoms with van der Waals surface area (Å²) in [6.07, 6.45) is 4.79. The monoisotopic (exact) mass is 365 g/mol. The number of aryl methyl sites for hydroxylation is 1. The molecule has 3 rings (SSSR count). The van der Waals surface area contributed by atoms with Crippen LogP contribution in [0.15, 0.2) is 23.1 Å². The number of anilines is 1. The Morgan fingerprint density at radius 2 is 1.92 bits per heavy atom. The summed E-state index contributed by atoms with van der Waals surface area (Å²) in [6.45, 7) is 4.48. The number of nitrogens with one attached hydrogen (secondary N) is 2. The maximum Gasteiger partial charge on any atom is 0.243 e. The smallest absolute Gasteiger partial charge is 0.243 e. The van der Waals surface area contributed by atoms with Gasteiger partial charge in [-0.2, -0.15) is 4.31 Å². The zero-order chi connectivity index (χ0) is 17.9. The van der Waals surface area contributed by atoms with Crippen LogP contribution in [-0.2, 0) is 14.8 Å². The molecule has 25 heavy (non-hydrogen) atoms. The van der Waals surface area contributed by atoms with Crippen LogP contribution in [0, 0.1) is 12.8 Å². The Kier molecular flexibility index (Phi) is 5.76. The highest BCUT2D eigenvalue weighted by atomic mass is 32.2. The number of hydrogen-bond donors (Lipinski definition) is 2. The molecule has 1 aromatic rings. The lowest BCUT2D eigenvalue weighted by Crippen LogP contribution is -2.32. The minimum absolute atomic E-state index is 0.0491. The van der Waals surface area contributed by atoms with Crippen LogP contribution in [0.4, 0.5) is 5.69 Å². The summed E-state index contributed by atoms with van der Waals surface area (Å²) in [5.74, 6) is -0.0982. The van der Waals surface area contributed by atoms with E-state index in [0.29, 0.717) is 35.8 Å². The molecule has 0 saturated carbocycles. The number of nitrogens with zero attached hydrogens (tertiary/aromatic N) is 1. The highest BCUT2D eigenvalue weighted by molar-refractivity contribution is 7.89. The Labute approximate surface area is 150 Å². The zero-order valence-electron chi connectivity index (χ0n) is 14.8. The lowest BCUT2D eigenvalue weighted by molar-refractivity contribution is -0.119. The van der Waals surface area contributed by atoms with Gasteiger partial charge in [0.1, 0.15) is 0 Å². The Balaban J connectivity index is 1.81. The summed E-state index contributed by atoms with van der Waals surface area (Å²) in [5, 5.41) is 6.05. The van der Waals surface area contributed by atoms with Crippen molar-refractivity contribution in [2.45, 2.75) is 43.9 Å². The van der Waals surface area contributed by atoms with Crippen LogP contribution in [0.1, 0.15) is 37.7 Å². The van der Waals surface area contributed by atoms with Gasteiger partial charge in [-0.25, -0.2) is 8.42 Å². The molecule has 1 amide bonds. The van der Waals surface area contributed by atoms with E-state index in [2.05, 4.69) is 10.6 Å². The van der Waals surface area contributed by atoms with Gasteiger partial charge in [-0.1, -0.05) is 18.9 Å².